The molecule has 2 rings (SSSR count). The first-order valence-electron chi connectivity index (χ1n) is 5.94. The highest BCUT2D eigenvalue weighted by Gasteiger charge is 2.18. The lowest BCUT2D eigenvalue weighted by Crippen LogP contribution is -2.08. The Morgan fingerprint density at radius 3 is 2.21 bits per heavy atom. The molecule has 0 radical (unpaired) electrons. The summed E-state index contributed by atoms with van der Waals surface area (Å²) in [7, 11) is -1.37. The Hall–Kier alpha value is -1.55. The van der Waals surface area contributed by atoms with E-state index in [1.54, 1.807) is 43.3 Å². The second-order valence-corrected chi connectivity index (χ2v) is 6.04. The van der Waals surface area contributed by atoms with Gasteiger partial charge >= 0.3 is 0 Å². The third-order valence-corrected chi connectivity index (χ3v) is 4.63. The summed E-state index contributed by atoms with van der Waals surface area (Å²) in [5, 5.41) is -0.471. The summed E-state index contributed by atoms with van der Waals surface area (Å²) >= 11 is 0. The number of hydrogen-bond acceptors (Lipinski definition) is 1. The van der Waals surface area contributed by atoms with Crippen LogP contribution in [0.4, 0.5) is 8.78 Å². The highest BCUT2D eigenvalue weighted by molar-refractivity contribution is 7.84. The Bertz CT molecular complexity index is 598. The van der Waals surface area contributed by atoms with E-state index < -0.39 is 16.0 Å². The third kappa shape index (κ3) is 3.26. The van der Waals surface area contributed by atoms with Gasteiger partial charge < -0.3 is 0 Å². The molecule has 0 saturated carbocycles. The fourth-order valence-corrected chi connectivity index (χ4v) is 3.11. The maximum absolute atomic E-state index is 13.6. The molecule has 0 saturated heterocycles. The molecule has 4 heteroatoms. The molecule has 1 nitrogen and oxygen atoms in total. The second-order valence-electron chi connectivity index (χ2n) is 4.28. The van der Waals surface area contributed by atoms with E-state index >= 15 is 0 Å². The summed E-state index contributed by atoms with van der Waals surface area (Å²) in [6, 6.07) is 12.5. The molecule has 0 spiro atoms. The van der Waals surface area contributed by atoms with E-state index in [1.807, 2.05) is 0 Å². The topological polar surface area (TPSA) is 17.1 Å². The van der Waals surface area contributed by atoms with Gasteiger partial charge in [-0.3, -0.25) is 4.21 Å². The summed E-state index contributed by atoms with van der Waals surface area (Å²) in [5.41, 5.74) is 0.793. The van der Waals surface area contributed by atoms with Gasteiger partial charge in [0, 0.05) is 21.9 Å². The van der Waals surface area contributed by atoms with Crippen LogP contribution in [0.2, 0.25) is 0 Å². The Morgan fingerprint density at radius 2 is 1.58 bits per heavy atom. The average molecular weight is 280 g/mol. The van der Waals surface area contributed by atoms with E-state index in [1.165, 1.54) is 12.1 Å². The molecule has 2 atom stereocenters. The molecule has 19 heavy (non-hydrogen) atoms. The zero-order valence-electron chi connectivity index (χ0n) is 10.5. The first-order valence-corrected chi connectivity index (χ1v) is 7.33. The number of benzene rings is 2. The predicted molar refractivity (Wildman–Crippen MR) is 73.1 cm³/mol. The van der Waals surface area contributed by atoms with Crippen molar-refractivity contribution in [1.82, 2.24) is 0 Å². The van der Waals surface area contributed by atoms with Gasteiger partial charge in [0.05, 0.1) is 11.0 Å². The van der Waals surface area contributed by atoms with Crippen molar-refractivity contribution in [3.05, 3.63) is 71.3 Å². The van der Waals surface area contributed by atoms with Gasteiger partial charge in [0.15, 0.2) is 0 Å². The molecular weight excluding hydrogens is 266 g/mol. The van der Waals surface area contributed by atoms with Crippen LogP contribution in [0, 0.1) is 11.6 Å². The molecule has 0 bridgehead atoms. The highest BCUT2D eigenvalue weighted by Crippen LogP contribution is 2.24. The summed E-state index contributed by atoms with van der Waals surface area (Å²) < 4.78 is 39.3. The molecule has 100 valence electrons. The molecule has 0 unspecified atom stereocenters. The number of rotatable bonds is 4. The third-order valence-electron chi connectivity index (χ3n) is 2.99. The summed E-state index contributed by atoms with van der Waals surface area (Å²) in [5.74, 6) is -0.671. The van der Waals surface area contributed by atoms with Crippen LogP contribution in [0.15, 0.2) is 48.5 Å². The lowest BCUT2D eigenvalue weighted by atomic mass is 10.1. The van der Waals surface area contributed by atoms with Gasteiger partial charge in [0.1, 0.15) is 11.6 Å². The first kappa shape index (κ1) is 13.9. The van der Waals surface area contributed by atoms with Crippen molar-refractivity contribution in [2.24, 2.45) is 0 Å². The van der Waals surface area contributed by atoms with E-state index in [0.29, 0.717) is 11.1 Å². The van der Waals surface area contributed by atoms with Crippen molar-refractivity contribution in [2.45, 2.75) is 17.9 Å². The minimum atomic E-state index is -1.37. The normalized spacial score (nSPS) is 14.1. The monoisotopic (exact) mass is 280 g/mol. The van der Waals surface area contributed by atoms with Crippen molar-refractivity contribution >= 4 is 10.8 Å². The van der Waals surface area contributed by atoms with Crippen LogP contribution in [0.1, 0.15) is 23.3 Å². The van der Waals surface area contributed by atoms with Gasteiger partial charge in [0.2, 0.25) is 0 Å². The first-order chi connectivity index (χ1) is 9.09. The second kappa shape index (κ2) is 6.06. The molecular formula is C15H14F2OS. The SMILES string of the molecule is C[C@H](c1ccccc1F)[S@@](=O)Cc1ccccc1F. The van der Waals surface area contributed by atoms with E-state index in [9.17, 15) is 13.0 Å². The van der Waals surface area contributed by atoms with Gasteiger partial charge in [-0.15, -0.1) is 0 Å². The Kier molecular flexibility index (Phi) is 4.43. The Labute approximate surface area is 113 Å². The van der Waals surface area contributed by atoms with Crippen LogP contribution in [0.5, 0.6) is 0 Å². The Morgan fingerprint density at radius 1 is 1.00 bits per heavy atom. The molecule has 0 heterocycles. The summed E-state index contributed by atoms with van der Waals surface area (Å²) in [6.45, 7) is 1.69. The maximum Gasteiger partial charge on any atom is 0.127 e. The standard InChI is InChI=1S/C15H14F2OS/c1-11(13-7-3-5-9-15(13)17)19(18)10-12-6-2-4-8-14(12)16/h2-9,11H,10H2,1H3/t11-,19+/m1/s1. The molecule has 0 aliphatic heterocycles. The zero-order valence-corrected chi connectivity index (χ0v) is 11.3. The lowest BCUT2D eigenvalue weighted by Gasteiger charge is -2.13. The predicted octanol–water partition coefficient (Wildman–Crippen LogP) is 3.97. The van der Waals surface area contributed by atoms with Crippen LogP contribution >= 0.6 is 0 Å². The minimum Gasteiger partial charge on any atom is -0.259 e. The van der Waals surface area contributed by atoms with Gasteiger partial charge in [-0.1, -0.05) is 36.4 Å². The molecule has 2 aromatic rings. The van der Waals surface area contributed by atoms with Crippen molar-refractivity contribution in [2.75, 3.05) is 0 Å². The number of hydrogen-bond donors (Lipinski definition) is 0. The fraction of sp³-hybridized carbons (Fsp3) is 0.200. The van der Waals surface area contributed by atoms with Gasteiger partial charge in [-0.2, -0.15) is 0 Å². The smallest absolute Gasteiger partial charge is 0.127 e. The van der Waals surface area contributed by atoms with Crippen LogP contribution in [-0.2, 0) is 16.6 Å². The van der Waals surface area contributed by atoms with Crippen LogP contribution < -0.4 is 0 Å². The molecule has 0 aliphatic rings. The van der Waals surface area contributed by atoms with Crippen molar-refractivity contribution in [3.63, 3.8) is 0 Å². The highest BCUT2D eigenvalue weighted by atomic mass is 32.2. The minimum absolute atomic E-state index is 0.0855. The Balaban J connectivity index is 2.17. The molecule has 0 aromatic heterocycles. The van der Waals surface area contributed by atoms with Crippen LogP contribution in [0.3, 0.4) is 0 Å². The fourth-order valence-electron chi connectivity index (χ4n) is 1.84. The lowest BCUT2D eigenvalue weighted by molar-refractivity contribution is 0.604. The molecule has 2 aromatic carbocycles. The summed E-state index contributed by atoms with van der Waals surface area (Å²) in [6.07, 6.45) is 0. The number of halogens is 2. The maximum atomic E-state index is 13.6. The van der Waals surface area contributed by atoms with Crippen molar-refractivity contribution in [1.29, 1.82) is 0 Å². The molecule has 0 amide bonds. The largest absolute Gasteiger partial charge is 0.259 e. The van der Waals surface area contributed by atoms with Crippen molar-refractivity contribution < 1.29 is 13.0 Å². The van der Waals surface area contributed by atoms with Crippen LogP contribution in [-0.4, -0.2) is 4.21 Å². The van der Waals surface area contributed by atoms with Crippen LogP contribution in [0.25, 0.3) is 0 Å². The molecule has 0 aliphatic carbocycles. The van der Waals surface area contributed by atoms with E-state index in [-0.39, 0.29) is 17.4 Å². The van der Waals surface area contributed by atoms with Gasteiger partial charge in [-0.05, 0) is 19.1 Å². The molecule has 0 N–H and O–H groups in total. The van der Waals surface area contributed by atoms with E-state index in [0.717, 1.165) is 0 Å². The van der Waals surface area contributed by atoms with Crippen molar-refractivity contribution in [3.8, 4) is 0 Å². The van der Waals surface area contributed by atoms with Gasteiger partial charge in [-0.25, -0.2) is 8.78 Å². The summed E-state index contributed by atoms with van der Waals surface area (Å²) in [4.78, 5) is 0. The zero-order chi connectivity index (χ0) is 13.8. The molecule has 0 fully saturated rings. The van der Waals surface area contributed by atoms with E-state index in [4.69, 9.17) is 0 Å². The van der Waals surface area contributed by atoms with Gasteiger partial charge in [0.25, 0.3) is 0 Å². The quantitative estimate of drug-likeness (QED) is 0.828. The van der Waals surface area contributed by atoms with E-state index in [2.05, 4.69) is 0 Å². The average Bonchev–Trinajstić information content (AvgIpc) is 2.41.